The first-order valence-corrected chi connectivity index (χ1v) is 7.94. The lowest BCUT2D eigenvalue weighted by Crippen LogP contribution is -2.59. The third kappa shape index (κ3) is 3.16. The van der Waals surface area contributed by atoms with Gasteiger partial charge in [0.05, 0.1) is 16.4 Å². The molecule has 146 valence electrons. The molecule has 1 aliphatic carbocycles. The van der Waals surface area contributed by atoms with Crippen molar-refractivity contribution in [1.29, 1.82) is 0 Å². The molecule has 0 amide bonds. The fourth-order valence-corrected chi connectivity index (χ4v) is 3.26. The number of Topliss-reactive ketones (excluding diaryl/α,β-unsaturated/α-hetero) is 4. The summed E-state index contributed by atoms with van der Waals surface area (Å²) in [6, 6.07) is 1.75. The number of alkyl halides is 3. The van der Waals surface area contributed by atoms with Crippen molar-refractivity contribution < 1.29 is 32.3 Å². The number of nitrogens with one attached hydrogen (secondary N) is 1. The van der Waals surface area contributed by atoms with E-state index in [-0.39, 0.29) is 0 Å². The molecule has 0 saturated heterocycles. The van der Waals surface area contributed by atoms with E-state index in [9.17, 15) is 37.6 Å². The summed E-state index contributed by atoms with van der Waals surface area (Å²) in [5.74, 6) is -5.54. The van der Waals surface area contributed by atoms with Gasteiger partial charge in [0.15, 0.2) is 23.1 Å². The van der Waals surface area contributed by atoms with Crippen LogP contribution >= 0.6 is 0 Å². The van der Waals surface area contributed by atoms with Crippen molar-refractivity contribution in [2.24, 2.45) is 16.7 Å². The smallest absolute Gasteiger partial charge is 0.416 e. The lowest BCUT2D eigenvalue weighted by molar-refractivity contribution is -0.158. The molecule has 1 aromatic rings. The first-order valence-electron chi connectivity index (χ1n) is 7.94. The van der Waals surface area contributed by atoms with Gasteiger partial charge in [-0.05, 0) is 45.9 Å². The van der Waals surface area contributed by atoms with Gasteiger partial charge in [-0.15, -0.1) is 0 Å². The average Bonchev–Trinajstić information content (AvgIpc) is 2.58. The van der Waals surface area contributed by atoms with Crippen LogP contribution in [0.2, 0.25) is 0 Å². The largest absolute Gasteiger partial charge is 0.761 e. The van der Waals surface area contributed by atoms with Crippen LogP contribution in [-0.2, 0) is 20.6 Å². The lowest BCUT2D eigenvalue weighted by atomic mass is 9.57. The molecule has 9 heteroatoms. The minimum absolute atomic E-state index is 0.430. The SMILES string of the molecule is CC1(C)C(=O)C(C(=O)c2ccc(C(F)(F)F)cc2N[O-])C(=O)C(C)(C)C1=O. The molecule has 1 saturated carbocycles. The number of carbonyl (C=O) groups excluding carboxylic acids is 4. The van der Waals surface area contributed by atoms with E-state index in [1.165, 1.54) is 33.2 Å². The van der Waals surface area contributed by atoms with E-state index in [1.807, 2.05) is 0 Å². The maximum absolute atomic E-state index is 12.8. The molecule has 6 nitrogen and oxygen atoms in total. The van der Waals surface area contributed by atoms with Crippen LogP contribution in [0.15, 0.2) is 18.2 Å². The summed E-state index contributed by atoms with van der Waals surface area (Å²) in [6.45, 7) is 5.13. The highest BCUT2D eigenvalue weighted by atomic mass is 19.4. The monoisotopic (exact) mass is 384 g/mol. The first kappa shape index (κ1) is 20.8. The molecule has 0 heterocycles. The predicted octanol–water partition coefficient (Wildman–Crippen LogP) is 3.19. The number of carbonyl (C=O) groups is 4. The van der Waals surface area contributed by atoms with Crippen molar-refractivity contribution in [2.45, 2.75) is 33.9 Å². The van der Waals surface area contributed by atoms with Crippen LogP contribution in [0.1, 0.15) is 43.6 Å². The molecule has 0 spiro atoms. The molecular formula is C18H17F3NO5-. The second kappa shape index (κ2) is 6.26. The Morgan fingerprint density at radius 1 is 1.04 bits per heavy atom. The molecule has 1 N–H and O–H groups in total. The van der Waals surface area contributed by atoms with E-state index in [0.717, 1.165) is 6.07 Å². The second-order valence-electron chi connectivity index (χ2n) is 7.47. The van der Waals surface area contributed by atoms with Crippen LogP contribution in [0, 0.1) is 22.0 Å². The third-order valence-electron chi connectivity index (χ3n) is 4.88. The number of anilines is 1. The fourth-order valence-electron chi connectivity index (χ4n) is 3.26. The van der Waals surface area contributed by atoms with E-state index in [0.29, 0.717) is 12.1 Å². The topological polar surface area (TPSA) is 103 Å². The van der Waals surface area contributed by atoms with Gasteiger partial charge in [0, 0.05) is 11.3 Å². The summed E-state index contributed by atoms with van der Waals surface area (Å²) in [5.41, 5.74) is -4.41. The molecule has 27 heavy (non-hydrogen) atoms. The fraction of sp³-hybridized carbons (Fsp3) is 0.444. The van der Waals surface area contributed by atoms with Gasteiger partial charge in [0.2, 0.25) is 0 Å². The highest BCUT2D eigenvalue weighted by molar-refractivity contribution is 6.37. The van der Waals surface area contributed by atoms with Crippen molar-refractivity contribution >= 4 is 28.8 Å². The second-order valence-corrected chi connectivity index (χ2v) is 7.47. The zero-order valence-electron chi connectivity index (χ0n) is 15.0. The molecule has 0 radical (unpaired) electrons. The minimum atomic E-state index is -4.75. The van der Waals surface area contributed by atoms with E-state index in [1.54, 1.807) is 0 Å². The van der Waals surface area contributed by atoms with Crippen LogP contribution in [-0.4, -0.2) is 23.1 Å². The van der Waals surface area contributed by atoms with Crippen LogP contribution in [0.4, 0.5) is 18.9 Å². The highest BCUT2D eigenvalue weighted by Crippen LogP contribution is 2.42. The maximum Gasteiger partial charge on any atom is 0.416 e. The van der Waals surface area contributed by atoms with Gasteiger partial charge in [0.1, 0.15) is 5.92 Å². The standard InChI is InChI=1S/C18H17F3NO5/c1-16(2)13(24)11(14(25)17(3,4)15(16)26)12(23)9-6-5-8(18(19,20)21)7-10(9)22-27/h5-7,11,22H,1-4H3/q-1. The van der Waals surface area contributed by atoms with Crippen LogP contribution in [0.3, 0.4) is 0 Å². The summed E-state index contributed by atoms with van der Waals surface area (Å²) in [6.07, 6.45) is -4.75. The van der Waals surface area contributed by atoms with Crippen molar-refractivity contribution in [3.8, 4) is 0 Å². The lowest BCUT2D eigenvalue weighted by Gasteiger charge is -2.40. The van der Waals surface area contributed by atoms with E-state index >= 15 is 0 Å². The van der Waals surface area contributed by atoms with Gasteiger partial charge in [-0.1, -0.05) is 0 Å². The number of benzene rings is 1. The molecule has 0 aliphatic heterocycles. The Balaban J connectivity index is 2.58. The van der Waals surface area contributed by atoms with E-state index in [2.05, 4.69) is 0 Å². The zero-order chi connectivity index (χ0) is 20.9. The molecule has 1 fully saturated rings. The normalized spacial score (nSPS) is 19.9. The van der Waals surface area contributed by atoms with E-state index in [4.69, 9.17) is 0 Å². The minimum Gasteiger partial charge on any atom is -0.761 e. The van der Waals surface area contributed by atoms with Gasteiger partial charge in [0.25, 0.3) is 0 Å². The Kier molecular flexibility index (Phi) is 4.81. The molecule has 2 rings (SSSR count). The number of rotatable bonds is 3. The molecular weight excluding hydrogens is 367 g/mol. The third-order valence-corrected chi connectivity index (χ3v) is 4.88. The van der Waals surface area contributed by atoms with Gasteiger partial charge in [-0.3, -0.25) is 19.2 Å². The maximum atomic E-state index is 12.8. The summed E-state index contributed by atoms with van der Waals surface area (Å²) in [7, 11) is 0. The van der Waals surface area contributed by atoms with Crippen LogP contribution in [0.5, 0.6) is 0 Å². The summed E-state index contributed by atoms with van der Waals surface area (Å²) in [5, 5.41) is 11.1. The summed E-state index contributed by atoms with van der Waals surface area (Å²) >= 11 is 0. The van der Waals surface area contributed by atoms with Gasteiger partial charge in [-0.25, -0.2) is 0 Å². The van der Waals surface area contributed by atoms with Crippen LogP contribution < -0.4 is 5.48 Å². The van der Waals surface area contributed by atoms with Crippen LogP contribution in [0.25, 0.3) is 0 Å². The van der Waals surface area contributed by atoms with Crippen molar-refractivity contribution in [1.82, 2.24) is 0 Å². The average molecular weight is 384 g/mol. The molecule has 1 aromatic carbocycles. The Morgan fingerprint density at radius 2 is 1.52 bits per heavy atom. The molecule has 0 unspecified atom stereocenters. The first-order chi connectivity index (χ1) is 12.2. The number of ketones is 4. The predicted molar refractivity (Wildman–Crippen MR) is 88.8 cm³/mol. The summed E-state index contributed by atoms with van der Waals surface area (Å²) < 4.78 is 38.4. The van der Waals surface area contributed by atoms with Crippen molar-refractivity contribution in [3.63, 3.8) is 0 Å². The number of hydrogen-bond acceptors (Lipinski definition) is 6. The quantitative estimate of drug-likeness (QED) is 0.488. The molecule has 0 aromatic heterocycles. The highest BCUT2D eigenvalue weighted by Gasteiger charge is 2.60. The molecule has 1 aliphatic rings. The summed E-state index contributed by atoms with van der Waals surface area (Å²) in [4.78, 5) is 50.6. The Morgan fingerprint density at radius 3 is 1.93 bits per heavy atom. The van der Waals surface area contributed by atoms with Gasteiger partial charge >= 0.3 is 6.18 Å². The number of halogens is 3. The Hall–Kier alpha value is -2.55. The zero-order valence-corrected chi connectivity index (χ0v) is 15.0. The van der Waals surface area contributed by atoms with Gasteiger partial charge < -0.3 is 10.7 Å². The van der Waals surface area contributed by atoms with E-state index < -0.39 is 62.9 Å². The number of hydrogen-bond donors (Lipinski definition) is 1. The molecule has 0 atom stereocenters. The molecule has 0 bridgehead atoms. The van der Waals surface area contributed by atoms with Gasteiger partial charge in [-0.2, -0.15) is 13.2 Å². The van der Waals surface area contributed by atoms with Crippen molar-refractivity contribution in [3.05, 3.63) is 34.5 Å². The Labute approximate surface area is 152 Å². The van der Waals surface area contributed by atoms with Crippen molar-refractivity contribution in [2.75, 3.05) is 5.48 Å². The Bertz CT molecular complexity index is 825.